The van der Waals surface area contributed by atoms with Crippen molar-refractivity contribution in [1.82, 2.24) is 4.90 Å². The van der Waals surface area contributed by atoms with E-state index in [1.165, 1.54) is 12.8 Å². The summed E-state index contributed by atoms with van der Waals surface area (Å²) in [5.41, 5.74) is 5.73. The average molecular weight is 268 g/mol. The minimum Gasteiger partial charge on any atom is -0.339 e. The summed E-state index contributed by atoms with van der Waals surface area (Å²) in [7, 11) is 0. The second-order valence-corrected chi connectivity index (χ2v) is 6.04. The van der Waals surface area contributed by atoms with Crippen LogP contribution in [0.3, 0.4) is 0 Å². The Morgan fingerprint density at radius 2 is 1.84 bits per heavy atom. The standard InChI is InChI=1S/C16H32N2O/c1-4-10-16(13-17,11-5-2)15(19)18-12-8-7-9-14(18)6-3/h14H,4-13,17H2,1-3H3. The SMILES string of the molecule is CCCC(CN)(CCC)C(=O)N1CCCCC1CC. The van der Waals surface area contributed by atoms with Crippen LogP contribution in [0.5, 0.6) is 0 Å². The van der Waals surface area contributed by atoms with Crippen LogP contribution in [0.15, 0.2) is 0 Å². The van der Waals surface area contributed by atoms with Crippen LogP contribution in [-0.4, -0.2) is 29.9 Å². The van der Waals surface area contributed by atoms with E-state index in [9.17, 15) is 4.79 Å². The van der Waals surface area contributed by atoms with E-state index in [4.69, 9.17) is 5.73 Å². The zero-order valence-electron chi connectivity index (χ0n) is 13.1. The molecule has 0 radical (unpaired) electrons. The summed E-state index contributed by atoms with van der Waals surface area (Å²) in [6, 6.07) is 0.445. The molecule has 0 bridgehead atoms. The summed E-state index contributed by atoms with van der Waals surface area (Å²) in [6.45, 7) is 7.94. The fourth-order valence-corrected chi connectivity index (χ4v) is 3.58. The van der Waals surface area contributed by atoms with E-state index in [0.717, 1.165) is 45.1 Å². The molecule has 2 N–H and O–H groups in total. The van der Waals surface area contributed by atoms with Crippen LogP contribution in [0.2, 0.25) is 0 Å². The Bertz CT molecular complexity index is 272. The molecule has 0 spiro atoms. The molecule has 1 atom stereocenters. The number of nitrogens with zero attached hydrogens (tertiary/aromatic N) is 1. The maximum atomic E-state index is 13.0. The Morgan fingerprint density at radius 3 is 2.32 bits per heavy atom. The van der Waals surface area contributed by atoms with Crippen molar-refractivity contribution in [2.24, 2.45) is 11.1 Å². The third-order valence-corrected chi connectivity index (χ3v) is 4.66. The molecule has 1 saturated heterocycles. The van der Waals surface area contributed by atoms with Crippen molar-refractivity contribution in [3.63, 3.8) is 0 Å². The normalized spacial score (nSPS) is 20.6. The van der Waals surface area contributed by atoms with Crippen LogP contribution < -0.4 is 5.73 Å². The number of likely N-dealkylation sites (tertiary alicyclic amines) is 1. The predicted octanol–water partition coefficient (Wildman–Crippen LogP) is 3.32. The second-order valence-electron chi connectivity index (χ2n) is 6.04. The van der Waals surface area contributed by atoms with Crippen molar-refractivity contribution in [1.29, 1.82) is 0 Å². The zero-order valence-corrected chi connectivity index (χ0v) is 13.1. The van der Waals surface area contributed by atoms with Crippen LogP contribution in [0.25, 0.3) is 0 Å². The lowest BCUT2D eigenvalue weighted by molar-refractivity contribution is -0.146. The average Bonchev–Trinajstić information content (AvgIpc) is 2.46. The van der Waals surface area contributed by atoms with Gasteiger partial charge in [0.1, 0.15) is 0 Å². The van der Waals surface area contributed by atoms with Gasteiger partial charge in [0.25, 0.3) is 0 Å². The number of rotatable bonds is 7. The summed E-state index contributed by atoms with van der Waals surface area (Å²) in [5, 5.41) is 0. The zero-order chi connectivity index (χ0) is 14.3. The van der Waals surface area contributed by atoms with Crippen LogP contribution >= 0.6 is 0 Å². The highest BCUT2D eigenvalue weighted by molar-refractivity contribution is 5.83. The Balaban J connectivity index is 2.90. The number of carbonyl (C=O) groups is 1. The van der Waals surface area contributed by atoms with Crippen LogP contribution in [0, 0.1) is 5.41 Å². The van der Waals surface area contributed by atoms with Crippen LogP contribution in [0.1, 0.15) is 72.1 Å². The van der Waals surface area contributed by atoms with Crippen LogP contribution in [-0.2, 0) is 4.79 Å². The quantitative estimate of drug-likeness (QED) is 0.770. The van der Waals surface area contributed by atoms with E-state index in [1.807, 2.05) is 0 Å². The van der Waals surface area contributed by atoms with Crippen molar-refractivity contribution >= 4 is 5.91 Å². The van der Waals surface area contributed by atoms with Gasteiger partial charge < -0.3 is 10.6 Å². The second kappa shape index (κ2) is 7.88. The van der Waals surface area contributed by atoms with Gasteiger partial charge in [-0.2, -0.15) is 0 Å². The van der Waals surface area contributed by atoms with E-state index in [0.29, 0.717) is 18.5 Å². The summed E-state index contributed by atoms with van der Waals surface area (Å²) >= 11 is 0. The number of piperidine rings is 1. The fourth-order valence-electron chi connectivity index (χ4n) is 3.58. The fraction of sp³-hybridized carbons (Fsp3) is 0.938. The molecule has 3 heteroatoms. The number of carbonyl (C=O) groups excluding carboxylic acids is 1. The summed E-state index contributed by atoms with van der Waals surface area (Å²) in [6.07, 6.45) is 8.60. The van der Waals surface area contributed by atoms with Gasteiger partial charge in [0.15, 0.2) is 0 Å². The summed E-state index contributed by atoms with van der Waals surface area (Å²) in [4.78, 5) is 15.2. The maximum absolute atomic E-state index is 13.0. The van der Waals surface area contributed by atoms with Crippen molar-refractivity contribution in [2.75, 3.05) is 13.1 Å². The molecule has 1 heterocycles. The van der Waals surface area contributed by atoms with E-state index < -0.39 is 0 Å². The van der Waals surface area contributed by atoms with Gasteiger partial charge in [0, 0.05) is 19.1 Å². The molecule has 1 unspecified atom stereocenters. The molecule has 0 saturated carbocycles. The Morgan fingerprint density at radius 1 is 1.21 bits per heavy atom. The van der Waals surface area contributed by atoms with Gasteiger partial charge in [-0.05, 0) is 38.5 Å². The van der Waals surface area contributed by atoms with Gasteiger partial charge in [0.05, 0.1) is 5.41 Å². The molecule has 1 rings (SSSR count). The topological polar surface area (TPSA) is 46.3 Å². The molecule has 112 valence electrons. The van der Waals surface area contributed by atoms with Gasteiger partial charge in [-0.25, -0.2) is 0 Å². The Labute approximate surface area is 118 Å². The van der Waals surface area contributed by atoms with E-state index in [-0.39, 0.29) is 5.41 Å². The summed E-state index contributed by atoms with van der Waals surface area (Å²) in [5.74, 6) is 0.338. The van der Waals surface area contributed by atoms with Crippen LogP contribution in [0.4, 0.5) is 0 Å². The van der Waals surface area contributed by atoms with Crippen molar-refractivity contribution in [2.45, 2.75) is 78.2 Å². The van der Waals surface area contributed by atoms with Gasteiger partial charge in [-0.1, -0.05) is 33.6 Å². The molecule has 19 heavy (non-hydrogen) atoms. The summed E-state index contributed by atoms with van der Waals surface area (Å²) < 4.78 is 0. The minimum atomic E-state index is -0.297. The number of nitrogens with two attached hydrogens (primary N) is 1. The van der Waals surface area contributed by atoms with Crippen molar-refractivity contribution < 1.29 is 4.79 Å². The Hall–Kier alpha value is -0.570. The molecule has 3 nitrogen and oxygen atoms in total. The highest BCUT2D eigenvalue weighted by Crippen LogP contribution is 2.34. The molecule has 0 aliphatic carbocycles. The molecular formula is C16H32N2O. The first kappa shape index (κ1) is 16.5. The van der Waals surface area contributed by atoms with E-state index >= 15 is 0 Å². The maximum Gasteiger partial charge on any atom is 0.230 e. The molecule has 1 amide bonds. The van der Waals surface area contributed by atoms with Gasteiger partial charge in [-0.15, -0.1) is 0 Å². The first-order valence-electron chi connectivity index (χ1n) is 8.16. The lowest BCUT2D eigenvalue weighted by Crippen LogP contribution is -2.53. The van der Waals surface area contributed by atoms with Crippen molar-refractivity contribution in [3.8, 4) is 0 Å². The van der Waals surface area contributed by atoms with Gasteiger partial charge in [0.2, 0.25) is 5.91 Å². The first-order chi connectivity index (χ1) is 9.15. The highest BCUT2D eigenvalue weighted by Gasteiger charge is 2.40. The largest absolute Gasteiger partial charge is 0.339 e. The van der Waals surface area contributed by atoms with Crippen molar-refractivity contribution in [3.05, 3.63) is 0 Å². The molecule has 0 aromatic heterocycles. The van der Waals surface area contributed by atoms with Gasteiger partial charge >= 0.3 is 0 Å². The lowest BCUT2D eigenvalue weighted by Gasteiger charge is -2.42. The molecule has 0 aromatic rings. The van der Waals surface area contributed by atoms with Gasteiger partial charge in [-0.3, -0.25) is 4.79 Å². The number of amides is 1. The third kappa shape index (κ3) is 3.71. The number of hydrogen-bond donors (Lipinski definition) is 1. The van der Waals surface area contributed by atoms with E-state index in [1.54, 1.807) is 0 Å². The molecule has 1 aliphatic rings. The molecule has 0 aromatic carbocycles. The molecule has 1 aliphatic heterocycles. The smallest absolute Gasteiger partial charge is 0.230 e. The molecular weight excluding hydrogens is 236 g/mol. The highest BCUT2D eigenvalue weighted by atomic mass is 16.2. The van der Waals surface area contributed by atoms with E-state index in [2.05, 4.69) is 25.7 Å². The monoisotopic (exact) mass is 268 g/mol. The molecule has 1 fully saturated rings. The third-order valence-electron chi connectivity index (χ3n) is 4.66. The lowest BCUT2D eigenvalue weighted by atomic mass is 9.77. The first-order valence-corrected chi connectivity index (χ1v) is 8.16. The Kier molecular flexibility index (Phi) is 6.84. The minimum absolute atomic E-state index is 0.297. The predicted molar refractivity (Wildman–Crippen MR) is 80.9 cm³/mol. The number of hydrogen-bond acceptors (Lipinski definition) is 2.